The summed E-state index contributed by atoms with van der Waals surface area (Å²) in [5.41, 5.74) is 3.71. The summed E-state index contributed by atoms with van der Waals surface area (Å²) in [7, 11) is 3.23. The van der Waals surface area contributed by atoms with Crippen molar-refractivity contribution in [1.29, 1.82) is 0 Å². The molecule has 0 radical (unpaired) electrons. The molecule has 29 heavy (non-hydrogen) atoms. The summed E-state index contributed by atoms with van der Waals surface area (Å²) in [5.74, 6) is 0.236. The summed E-state index contributed by atoms with van der Waals surface area (Å²) in [6, 6.07) is 6.49. The van der Waals surface area contributed by atoms with E-state index in [-0.39, 0.29) is 5.69 Å². The summed E-state index contributed by atoms with van der Waals surface area (Å²) < 4.78 is 6.89. The summed E-state index contributed by atoms with van der Waals surface area (Å²) in [6.45, 7) is 1.82. The number of fused-ring (bicyclic) bond motifs is 1. The van der Waals surface area contributed by atoms with Gasteiger partial charge in [-0.2, -0.15) is 5.10 Å². The van der Waals surface area contributed by atoms with Crippen LogP contribution < -0.4 is 5.32 Å². The number of aromatic nitrogens is 2. The quantitative estimate of drug-likeness (QED) is 0.477. The number of methoxy groups -OCH3 is 1. The minimum Gasteiger partial charge on any atom is -0.466 e. The number of allylic oxidation sites excluding steroid dienone is 1. The number of esters is 1. The Bertz CT molecular complexity index is 1020. The van der Waals surface area contributed by atoms with Gasteiger partial charge in [0.2, 0.25) is 0 Å². The number of rotatable bonds is 4. The Labute approximate surface area is 168 Å². The SMILES string of the molecule is COC(=O)C1=C(C)Nc2c(c(C3CCCC3)nn2C)C1c1cccc([N+](=O)[O-])c1. The topological polar surface area (TPSA) is 99.3 Å². The van der Waals surface area contributed by atoms with E-state index >= 15 is 0 Å². The van der Waals surface area contributed by atoms with Crippen LogP contribution in [0.2, 0.25) is 0 Å². The predicted molar refractivity (Wildman–Crippen MR) is 108 cm³/mol. The minimum absolute atomic E-state index is 0.00393. The summed E-state index contributed by atoms with van der Waals surface area (Å²) in [5, 5.41) is 19.5. The highest BCUT2D eigenvalue weighted by molar-refractivity contribution is 5.94. The standard InChI is InChI=1S/C21H24N4O4/c1-12-16(21(26)29-3)17(14-9-6-10-15(11-14)25(27)28)18-19(13-7-4-5-8-13)23-24(2)20(18)22-12/h6,9-11,13,17,22H,4-5,7-8H2,1-3H3. The molecule has 0 spiro atoms. The van der Waals surface area contributed by atoms with Crippen molar-refractivity contribution in [2.75, 3.05) is 12.4 Å². The molecular formula is C21H24N4O4. The Morgan fingerprint density at radius 1 is 1.34 bits per heavy atom. The van der Waals surface area contributed by atoms with Crippen molar-refractivity contribution in [3.05, 3.63) is 62.5 Å². The van der Waals surface area contributed by atoms with Gasteiger partial charge in [0.05, 0.1) is 23.3 Å². The first-order chi connectivity index (χ1) is 13.9. The van der Waals surface area contributed by atoms with Crippen LogP contribution in [0.25, 0.3) is 0 Å². The molecule has 1 aromatic heterocycles. The van der Waals surface area contributed by atoms with E-state index in [1.54, 1.807) is 12.1 Å². The first-order valence-corrected chi connectivity index (χ1v) is 9.79. The zero-order chi connectivity index (χ0) is 20.7. The lowest BCUT2D eigenvalue weighted by Crippen LogP contribution is -2.25. The van der Waals surface area contributed by atoms with Crippen molar-refractivity contribution in [3.63, 3.8) is 0 Å². The van der Waals surface area contributed by atoms with Gasteiger partial charge in [-0.3, -0.25) is 14.8 Å². The van der Waals surface area contributed by atoms with Crippen LogP contribution in [0.15, 0.2) is 35.5 Å². The molecule has 1 atom stereocenters. The average Bonchev–Trinajstić information content (AvgIpc) is 3.35. The van der Waals surface area contributed by atoms with Crippen molar-refractivity contribution in [3.8, 4) is 0 Å². The Morgan fingerprint density at radius 3 is 2.72 bits per heavy atom. The van der Waals surface area contributed by atoms with Gasteiger partial charge in [0, 0.05) is 42.3 Å². The Morgan fingerprint density at radius 2 is 2.07 bits per heavy atom. The van der Waals surface area contributed by atoms with Crippen LogP contribution >= 0.6 is 0 Å². The van der Waals surface area contributed by atoms with E-state index in [1.807, 2.05) is 24.7 Å². The molecule has 1 aliphatic heterocycles. The molecule has 1 aliphatic carbocycles. The van der Waals surface area contributed by atoms with E-state index in [9.17, 15) is 14.9 Å². The average molecular weight is 396 g/mol. The van der Waals surface area contributed by atoms with Crippen molar-refractivity contribution in [2.24, 2.45) is 7.05 Å². The first-order valence-electron chi connectivity index (χ1n) is 9.79. The second-order valence-corrected chi connectivity index (χ2v) is 7.69. The molecule has 8 heteroatoms. The highest BCUT2D eigenvalue weighted by Gasteiger charge is 2.39. The number of hydrogen-bond acceptors (Lipinski definition) is 6. The van der Waals surface area contributed by atoms with Gasteiger partial charge in [-0.05, 0) is 25.3 Å². The van der Waals surface area contributed by atoms with Gasteiger partial charge in [0.15, 0.2) is 0 Å². The minimum atomic E-state index is -0.470. The van der Waals surface area contributed by atoms with E-state index in [0.717, 1.165) is 42.8 Å². The molecule has 1 unspecified atom stereocenters. The van der Waals surface area contributed by atoms with E-state index in [4.69, 9.17) is 9.84 Å². The molecule has 4 rings (SSSR count). The van der Waals surface area contributed by atoms with Gasteiger partial charge < -0.3 is 10.1 Å². The number of hydrogen-bond donors (Lipinski definition) is 1. The number of aryl methyl sites for hydroxylation is 1. The molecule has 1 fully saturated rings. The lowest BCUT2D eigenvalue weighted by molar-refractivity contribution is -0.384. The number of anilines is 1. The van der Waals surface area contributed by atoms with Gasteiger partial charge in [-0.25, -0.2) is 4.79 Å². The van der Waals surface area contributed by atoms with Crippen molar-refractivity contribution in [1.82, 2.24) is 9.78 Å². The van der Waals surface area contributed by atoms with E-state index in [2.05, 4.69) is 5.32 Å². The van der Waals surface area contributed by atoms with Crippen LogP contribution in [0.4, 0.5) is 11.5 Å². The highest BCUT2D eigenvalue weighted by Crippen LogP contribution is 2.48. The number of carbonyl (C=O) groups is 1. The molecular weight excluding hydrogens is 372 g/mol. The zero-order valence-corrected chi connectivity index (χ0v) is 16.8. The second kappa shape index (κ2) is 7.35. The Hall–Kier alpha value is -3.16. The van der Waals surface area contributed by atoms with Gasteiger partial charge in [-0.15, -0.1) is 0 Å². The fraction of sp³-hybridized carbons (Fsp3) is 0.429. The number of nitro benzene ring substituents is 1. The van der Waals surface area contributed by atoms with Gasteiger partial charge in [0.1, 0.15) is 5.82 Å². The molecule has 1 saturated carbocycles. The van der Waals surface area contributed by atoms with Crippen LogP contribution in [-0.4, -0.2) is 27.8 Å². The van der Waals surface area contributed by atoms with Gasteiger partial charge in [0.25, 0.3) is 5.69 Å². The van der Waals surface area contributed by atoms with Crippen molar-refractivity contribution < 1.29 is 14.5 Å². The first kappa shape index (κ1) is 19.2. The number of benzene rings is 1. The smallest absolute Gasteiger partial charge is 0.336 e. The molecule has 1 N–H and O–H groups in total. The number of carbonyl (C=O) groups excluding carboxylic acids is 1. The highest BCUT2D eigenvalue weighted by atomic mass is 16.6. The van der Waals surface area contributed by atoms with E-state index in [0.29, 0.717) is 22.8 Å². The molecule has 0 bridgehead atoms. The third-order valence-electron chi connectivity index (χ3n) is 5.96. The number of nitrogens with zero attached hydrogens (tertiary/aromatic N) is 3. The van der Waals surface area contributed by atoms with Crippen LogP contribution in [0, 0.1) is 10.1 Å². The van der Waals surface area contributed by atoms with Crippen LogP contribution in [0.1, 0.15) is 61.3 Å². The fourth-order valence-corrected chi connectivity index (χ4v) is 4.63. The monoisotopic (exact) mass is 396 g/mol. The van der Waals surface area contributed by atoms with Gasteiger partial charge >= 0.3 is 5.97 Å². The zero-order valence-electron chi connectivity index (χ0n) is 16.8. The Balaban J connectivity index is 1.96. The molecule has 1 aromatic carbocycles. The summed E-state index contributed by atoms with van der Waals surface area (Å²) >= 11 is 0. The number of nitro groups is 1. The maximum atomic E-state index is 12.7. The van der Waals surface area contributed by atoms with Crippen molar-refractivity contribution >= 4 is 17.5 Å². The normalized spacial score (nSPS) is 19.1. The van der Waals surface area contributed by atoms with Crippen LogP contribution in [0.3, 0.4) is 0 Å². The van der Waals surface area contributed by atoms with Crippen LogP contribution in [-0.2, 0) is 16.6 Å². The fourth-order valence-electron chi connectivity index (χ4n) is 4.63. The molecule has 152 valence electrons. The number of nitrogens with one attached hydrogen (secondary N) is 1. The van der Waals surface area contributed by atoms with Crippen molar-refractivity contribution in [2.45, 2.75) is 44.4 Å². The number of ether oxygens (including phenoxy) is 1. The maximum absolute atomic E-state index is 12.7. The largest absolute Gasteiger partial charge is 0.466 e. The Kier molecular flexibility index (Phi) is 4.86. The van der Waals surface area contributed by atoms with E-state index in [1.165, 1.54) is 13.2 Å². The molecule has 2 heterocycles. The lowest BCUT2D eigenvalue weighted by atomic mass is 9.79. The molecule has 2 aliphatic rings. The van der Waals surface area contributed by atoms with Gasteiger partial charge in [-0.1, -0.05) is 25.0 Å². The third-order valence-corrected chi connectivity index (χ3v) is 5.96. The number of non-ortho nitro benzene ring substituents is 1. The van der Waals surface area contributed by atoms with E-state index < -0.39 is 16.8 Å². The molecule has 0 amide bonds. The summed E-state index contributed by atoms with van der Waals surface area (Å²) in [4.78, 5) is 23.7. The molecule has 0 saturated heterocycles. The van der Waals surface area contributed by atoms with Crippen LogP contribution in [0.5, 0.6) is 0 Å². The summed E-state index contributed by atoms with van der Waals surface area (Å²) in [6.07, 6.45) is 4.43. The third kappa shape index (κ3) is 3.18. The second-order valence-electron chi connectivity index (χ2n) is 7.69. The molecule has 8 nitrogen and oxygen atoms in total. The maximum Gasteiger partial charge on any atom is 0.336 e. The lowest BCUT2D eigenvalue weighted by Gasteiger charge is -2.29. The predicted octanol–water partition coefficient (Wildman–Crippen LogP) is 3.99. The molecule has 2 aromatic rings.